The molecule has 0 aliphatic rings. The van der Waals surface area contributed by atoms with E-state index < -0.39 is 0 Å². The van der Waals surface area contributed by atoms with Crippen LogP contribution in [0.3, 0.4) is 0 Å². The second-order valence-electron chi connectivity index (χ2n) is 4.75. The van der Waals surface area contributed by atoms with E-state index >= 15 is 0 Å². The van der Waals surface area contributed by atoms with E-state index in [9.17, 15) is 0 Å². The van der Waals surface area contributed by atoms with Crippen LogP contribution in [0.5, 0.6) is 0 Å². The molecular weight excluding hydrogens is 232 g/mol. The van der Waals surface area contributed by atoms with Crippen molar-refractivity contribution in [3.05, 3.63) is 72.6 Å². The summed E-state index contributed by atoms with van der Waals surface area (Å²) in [5.74, 6) is 0. The minimum atomic E-state index is 0.867. The van der Waals surface area contributed by atoms with E-state index in [1.807, 2.05) is 12.3 Å². The topological polar surface area (TPSA) is 16.1 Å². The Kier molecular flexibility index (Phi) is 3.15. The molecule has 0 unspecified atom stereocenters. The summed E-state index contributed by atoms with van der Waals surface area (Å²) in [4.78, 5) is 6.39. The smallest absolute Gasteiger partial charge is 0.0441 e. The van der Waals surface area contributed by atoms with Gasteiger partial charge in [0.2, 0.25) is 0 Å². The zero-order valence-electron chi connectivity index (χ0n) is 11.0. The SMILES string of the molecule is CN(Cc1cccnc1)c1ccc2ccccc2c1. The summed E-state index contributed by atoms with van der Waals surface area (Å²) in [6.07, 6.45) is 3.72. The number of aromatic nitrogens is 1. The molecular formula is C17H16N2. The molecule has 0 spiro atoms. The zero-order chi connectivity index (χ0) is 13.1. The summed E-state index contributed by atoms with van der Waals surface area (Å²) in [6.45, 7) is 0.867. The number of anilines is 1. The van der Waals surface area contributed by atoms with Gasteiger partial charge >= 0.3 is 0 Å². The molecule has 3 aromatic rings. The molecule has 1 aromatic heterocycles. The van der Waals surface area contributed by atoms with Crippen molar-refractivity contribution in [1.29, 1.82) is 0 Å². The van der Waals surface area contributed by atoms with Crippen molar-refractivity contribution < 1.29 is 0 Å². The lowest BCUT2D eigenvalue weighted by molar-refractivity contribution is 0.916. The predicted molar refractivity (Wildman–Crippen MR) is 80.3 cm³/mol. The number of nitrogens with zero attached hydrogens (tertiary/aromatic N) is 2. The van der Waals surface area contributed by atoms with Crippen LogP contribution >= 0.6 is 0 Å². The quantitative estimate of drug-likeness (QED) is 0.699. The third-order valence-corrected chi connectivity index (χ3v) is 3.32. The van der Waals surface area contributed by atoms with Crippen LogP contribution < -0.4 is 4.90 Å². The minimum absolute atomic E-state index is 0.867. The van der Waals surface area contributed by atoms with Crippen LogP contribution in [-0.4, -0.2) is 12.0 Å². The molecule has 2 heteroatoms. The van der Waals surface area contributed by atoms with Crippen molar-refractivity contribution in [1.82, 2.24) is 4.98 Å². The number of benzene rings is 2. The molecule has 0 bridgehead atoms. The van der Waals surface area contributed by atoms with Crippen LogP contribution in [0.15, 0.2) is 67.0 Å². The lowest BCUT2D eigenvalue weighted by Crippen LogP contribution is -2.16. The Bertz CT molecular complexity index is 677. The van der Waals surface area contributed by atoms with Crippen molar-refractivity contribution >= 4 is 16.5 Å². The van der Waals surface area contributed by atoms with E-state index in [1.54, 1.807) is 6.20 Å². The van der Waals surface area contributed by atoms with E-state index in [-0.39, 0.29) is 0 Å². The molecule has 0 radical (unpaired) electrons. The highest BCUT2D eigenvalue weighted by atomic mass is 15.1. The van der Waals surface area contributed by atoms with Crippen LogP contribution in [0, 0.1) is 0 Å². The van der Waals surface area contributed by atoms with Gasteiger partial charge in [-0.25, -0.2) is 0 Å². The van der Waals surface area contributed by atoms with Gasteiger partial charge in [0.1, 0.15) is 0 Å². The normalized spacial score (nSPS) is 10.6. The van der Waals surface area contributed by atoms with Crippen LogP contribution in [0.2, 0.25) is 0 Å². The molecule has 2 aromatic carbocycles. The average Bonchev–Trinajstić information content (AvgIpc) is 2.48. The summed E-state index contributed by atoms with van der Waals surface area (Å²) < 4.78 is 0. The third-order valence-electron chi connectivity index (χ3n) is 3.32. The molecule has 1 heterocycles. The van der Waals surface area contributed by atoms with Gasteiger partial charge in [-0.15, -0.1) is 0 Å². The van der Waals surface area contributed by atoms with E-state index in [1.165, 1.54) is 22.0 Å². The fraction of sp³-hybridized carbons (Fsp3) is 0.118. The highest BCUT2D eigenvalue weighted by Crippen LogP contribution is 2.22. The Morgan fingerprint density at radius 3 is 2.58 bits per heavy atom. The Labute approximate surface area is 113 Å². The van der Waals surface area contributed by atoms with E-state index in [4.69, 9.17) is 0 Å². The third kappa shape index (κ3) is 2.58. The van der Waals surface area contributed by atoms with Crippen LogP contribution in [0.4, 0.5) is 5.69 Å². The van der Waals surface area contributed by atoms with Gasteiger partial charge in [-0.05, 0) is 34.5 Å². The first-order valence-corrected chi connectivity index (χ1v) is 6.42. The Balaban J connectivity index is 1.87. The molecule has 2 nitrogen and oxygen atoms in total. The molecule has 3 rings (SSSR count). The number of hydrogen-bond donors (Lipinski definition) is 0. The summed E-state index contributed by atoms with van der Waals surface area (Å²) in [5.41, 5.74) is 2.45. The van der Waals surface area contributed by atoms with Gasteiger partial charge in [0.25, 0.3) is 0 Å². The fourth-order valence-electron chi connectivity index (χ4n) is 2.27. The Morgan fingerprint density at radius 2 is 1.79 bits per heavy atom. The monoisotopic (exact) mass is 248 g/mol. The van der Waals surface area contributed by atoms with Crippen LogP contribution in [0.1, 0.15) is 5.56 Å². The van der Waals surface area contributed by atoms with Crippen LogP contribution in [0.25, 0.3) is 10.8 Å². The largest absolute Gasteiger partial charge is 0.370 e. The Hall–Kier alpha value is -2.35. The first kappa shape index (κ1) is 11.7. The number of rotatable bonds is 3. The van der Waals surface area contributed by atoms with Gasteiger partial charge < -0.3 is 4.90 Å². The van der Waals surface area contributed by atoms with E-state index in [0.717, 1.165) is 6.54 Å². The number of fused-ring (bicyclic) bond motifs is 1. The highest BCUT2D eigenvalue weighted by Gasteiger charge is 2.03. The molecule has 0 atom stereocenters. The maximum absolute atomic E-state index is 4.15. The number of pyridine rings is 1. The predicted octanol–water partition coefficient (Wildman–Crippen LogP) is 3.87. The van der Waals surface area contributed by atoms with Crippen molar-refractivity contribution in [3.8, 4) is 0 Å². The van der Waals surface area contributed by atoms with Gasteiger partial charge in [-0.1, -0.05) is 36.4 Å². The van der Waals surface area contributed by atoms with Gasteiger partial charge in [0.05, 0.1) is 0 Å². The highest BCUT2D eigenvalue weighted by molar-refractivity contribution is 5.85. The summed E-state index contributed by atoms with van der Waals surface area (Å²) >= 11 is 0. The Morgan fingerprint density at radius 1 is 0.947 bits per heavy atom. The minimum Gasteiger partial charge on any atom is -0.370 e. The summed E-state index contributed by atoms with van der Waals surface area (Å²) in [7, 11) is 2.11. The van der Waals surface area contributed by atoms with Gasteiger partial charge in [-0.3, -0.25) is 4.98 Å². The number of hydrogen-bond acceptors (Lipinski definition) is 2. The second kappa shape index (κ2) is 5.11. The molecule has 0 aliphatic heterocycles. The average molecular weight is 248 g/mol. The van der Waals surface area contributed by atoms with Gasteiger partial charge in [0, 0.05) is 31.7 Å². The standard InChI is InChI=1S/C17H16N2/c1-19(13-14-5-4-10-18-12-14)17-9-8-15-6-2-3-7-16(15)11-17/h2-12H,13H2,1H3. The lowest BCUT2D eigenvalue weighted by atomic mass is 10.1. The molecule has 0 saturated heterocycles. The zero-order valence-corrected chi connectivity index (χ0v) is 11.0. The van der Waals surface area contributed by atoms with Crippen molar-refractivity contribution in [3.63, 3.8) is 0 Å². The molecule has 0 saturated carbocycles. The second-order valence-corrected chi connectivity index (χ2v) is 4.75. The lowest BCUT2D eigenvalue weighted by Gasteiger charge is -2.19. The fourth-order valence-corrected chi connectivity index (χ4v) is 2.27. The van der Waals surface area contributed by atoms with Gasteiger partial charge in [-0.2, -0.15) is 0 Å². The van der Waals surface area contributed by atoms with Crippen molar-refractivity contribution in [2.75, 3.05) is 11.9 Å². The molecule has 0 aliphatic carbocycles. The first-order valence-electron chi connectivity index (χ1n) is 6.42. The molecule has 94 valence electrons. The van der Waals surface area contributed by atoms with E-state index in [0.29, 0.717) is 0 Å². The molecule has 0 amide bonds. The van der Waals surface area contributed by atoms with Crippen molar-refractivity contribution in [2.24, 2.45) is 0 Å². The summed E-state index contributed by atoms with van der Waals surface area (Å²) in [6, 6.07) is 19.1. The maximum atomic E-state index is 4.15. The first-order chi connectivity index (χ1) is 9.33. The molecule has 0 N–H and O–H groups in total. The van der Waals surface area contributed by atoms with Crippen molar-refractivity contribution in [2.45, 2.75) is 6.54 Å². The van der Waals surface area contributed by atoms with E-state index in [2.05, 4.69) is 65.5 Å². The molecule has 0 fully saturated rings. The molecule has 19 heavy (non-hydrogen) atoms. The van der Waals surface area contributed by atoms with Gasteiger partial charge in [0.15, 0.2) is 0 Å². The summed E-state index contributed by atoms with van der Waals surface area (Å²) in [5, 5.41) is 2.55. The maximum Gasteiger partial charge on any atom is 0.0441 e. The van der Waals surface area contributed by atoms with Crippen LogP contribution in [-0.2, 0) is 6.54 Å².